The largest absolute Gasteiger partial charge is 0.465 e. The second kappa shape index (κ2) is 9.47. The molecule has 0 aromatic heterocycles. The van der Waals surface area contributed by atoms with Crippen molar-refractivity contribution in [2.24, 2.45) is 11.8 Å². The van der Waals surface area contributed by atoms with Crippen molar-refractivity contribution in [2.45, 2.75) is 25.9 Å². The molecular formula is C23H25NO5. The summed E-state index contributed by atoms with van der Waals surface area (Å²) in [5.41, 5.74) is 1.56. The lowest BCUT2D eigenvalue weighted by molar-refractivity contribution is -0.162. The number of benzene rings is 2. The Morgan fingerprint density at radius 3 is 1.48 bits per heavy atom. The lowest BCUT2D eigenvalue weighted by atomic mass is 9.74. The van der Waals surface area contributed by atoms with Crippen molar-refractivity contribution in [3.8, 4) is 0 Å². The van der Waals surface area contributed by atoms with Gasteiger partial charge in [0, 0.05) is 0 Å². The summed E-state index contributed by atoms with van der Waals surface area (Å²) in [5, 5.41) is 3.37. The van der Waals surface area contributed by atoms with Crippen molar-refractivity contribution in [2.75, 3.05) is 13.2 Å². The topological polar surface area (TPSA) is 81.7 Å². The number of hydrogen-bond donors (Lipinski definition) is 1. The number of rotatable bonds is 6. The number of carbonyl (C=O) groups excluding carboxylic acids is 3. The number of piperidine rings is 1. The van der Waals surface area contributed by atoms with E-state index in [1.807, 2.05) is 60.7 Å². The van der Waals surface area contributed by atoms with Crippen LogP contribution in [0, 0.1) is 11.8 Å². The van der Waals surface area contributed by atoms with Crippen molar-refractivity contribution in [1.82, 2.24) is 5.32 Å². The Labute approximate surface area is 170 Å². The van der Waals surface area contributed by atoms with Gasteiger partial charge in [-0.1, -0.05) is 60.7 Å². The van der Waals surface area contributed by atoms with Crippen molar-refractivity contribution in [3.05, 3.63) is 71.8 Å². The fraction of sp³-hybridized carbons (Fsp3) is 0.348. The highest BCUT2D eigenvalue weighted by Gasteiger charge is 2.52. The van der Waals surface area contributed by atoms with Gasteiger partial charge in [-0.25, -0.2) is 0 Å². The minimum atomic E-state index is -1.13. The number of nitrogens with one attached hydrogen (secondary N) is 1. The lowest BCUT2D eigenvalue weighted by Gasteiger charge is -2.39. The molecule has 4 atom stereocenters. The van der Waals surface area contributed by atoms with E-state index in [-0.39, 0.29) is 13.2 Å². The second-order valence-electron chi connectivity index (χ2n) is 6.81. The normalized spacial score (nSPS) is 24.0. The van der Waals surface area contributed by atoms with Crippen LogP contribution in [0.3, 0.4) is 0 Å². The van der Waals surface area contributed by atoms with Crippen molar-refractivity contribution < 1.29 is 23.9 Å². The highest BCUT2D eigenvalue weighted by atomic mass is 16.5. The molecule has 152 valence electrons. The van der Waals surface area contributed by atoms with Gasteiger partial charge in [0.15, 0.2) is 5.78 Å². The molecule has 0 unspecified atom stereocenters. The van der Waals surface area contributed by atoms with Crippen LogP contribution in [-0.4, -0.2) is 30.9 Å². The first-order valence-electron chi connectivity index (χ1n) is 9.81. The third-order valence-corrected chi connectivity index (χ3v) is 5.04. The van der Waals surface area contributed by atoms with Crippen LogP contribution in [0.25, 0.3) is 0 Å². The molecule has 0 aliphatic carbocycles. The number of esters is 2. The molecule has 6 heteroatoms. The van der Waals surface area contributed by atoms with Gasteiger partial charge in [0.2, 0.25) is 0 Å². The molecule has 1 heterocycles. The highest BCUT2D eigenvalue weighted by molar-refractivity contribution is 6.10. The van der Waals surface area contributed by atoms with Gasteiger partial charge in [-0.15, -0.1) is 0 Å². The predicted molar refractivity (Wildman–Crippen MR) is 107 cm³/mol. The van der Waals surface area contributed by atoms with E-state index < -0.39 is 41.6 Å². The summed E-state index contributed by atoms with van der Waals surface area (Å²) in [7, 11) is 0. The van der Waals surface area contributed by atoms with Crippen molar-refractivity contribution in [3.63, 3.8) is 0 Å². The van der Waals surface area contributed by atoms with E-state index in [0.29, 0.717) is 0 Å². The van der Waals surface area contributed by atoms with E-state index in [0.717, 1.165) is 11.1 Å². The van der Waals surface area contributed by atoms with Crippen LogP contribution in [0.5, 0.6) is 0 Å². The van der Waals surface area contributed by atoms with Crippen LogP contribution in [0.2, 0.25) is 0 Å². The molecule has 3 rings (SSSR count). The first-order chi connectivity index (χ1) is 14.1. The number of hydrogen-bond acceptors (Lipinski definition) is 6. The van der Waals surface area contributed by atoms with Gasteiger partial charge < -0.3 is 14.8 Å². The summed E-state index contributed by atoms with van der Waals surface area (Å²) in [6.45, 7) is 3.67. The van der Waals surface area contributed by atoms with E-state index in [2.05, 4.69) is 5.32 Å². The monoisotopic (exact) mass is 395 g/mol. The third-order valence-electron chi connectivity index (χ3n) is 5.04. The average molecular weight is 395 g/mol. The van der Waals surface area contributed by atoms with Crippen molar-refractivity contribution in [1.29, 1.82) is 0 Å². The minimum absolute atomic E-state index is 0.149. The van der Waals surface area contributed by atoms with E-state index in [1.54, 1.807) is 13.8 Å². The van der Waals surface area contributed by atoms with E-state index in [1.165, 1.54) is 0 Å². The highest BCUT2D eigenvalue weighted by Crippen LogP contribution is 2.39. The summed E-state index contributed by atoms with van der Waals surface area (Å²) in [4.78, 5) is 38.9. The maximum Gasteiger partial charge on any atom is 0.318 e. The molecule has 2 aromatic rings. The van der Waals surface area contributed by atoms with E-state index in [4.69, 9.17) is 9.47 Å². The molecule has 0 amide bonds. The van der Waals surface area contributed by atoms with Crippen molar-refractivity contribution >= 4 is 17.7 Å². The fourth-order valence-corrected chi connectivity index (χ4v) is 3.77. The van der Waals surface area contributed by atoms with Crippen LogP contribution >= 0.6 is 0 Å². The molecule has 1 aliphatic heterocycles. The molecule has 0 spiro atoms. The molecule has 2 aromatic carbocycles. The molecule has 0 radical (unpaired) electrons. The zero-order valence-electron chi connectivity index (χ0n) is 16.5. The summed E-state index contributed by atoms with van der Waals surface area (Å²) in [6.07, 6.45) is 0. The van der Waals surface area contributed by atoms with Crippen LogP contribution in [0.1, 0.15) is 37.1 Å². The van der Waals surface area contributed by atoms with Crippen LogP contribution in [0.15, 0.2) is 60.7 Å². The Bertz CT molecular complexity index is 783. The van der Waals surface area contributed by atoms with Crippen LogP contribution < -0.4 is 5.32 Å². The lowest BCUT2D eigenvalue weighted by Crippen LogP contribution is -2.54. The maximum absolute atomic E-state index is 13.5. The zero-order chi connectivity index (χ0) is 20.8. The van der Waals surface area contributed by atoms with Gasteiger partial charge in [0.05, 0.1) is 25.3 Å². The summed E-state index contributed by atoms with van der Waals surface area (Å²) in [5.74, 6) is -4.03. The van der Waals surface area contributed by atoms with E-state index >= 15 is 0 Å². The molecule has 0 saturated carbocycles. The molecular weight excluding hydrogens is 370 g/mol. The molecule has 0 bridgehead atoms. The SMILES string of the molecule is CCOC(=O)[C@@H]1C(=O)[C@@H](C(=O)OCC)[C@H](c2ccccc2)N[C@@H]1c1ccccc1. The molecule has 6 nitrogen and oxygen atoms in total. The minimum Gasteiger partial charge on any atom is -0.465 e. The molecule has 1 N–H and O–H groups in total. The summed E-state index contributed by atoms with van der Waals surface area (Å²) < 4.78 is 10.4. The fourth-order valence-electron chi connectivity index (χ4n) is 3.77. The number of Topliss-reactive ketones (excluding diaryl/α,β-unsaturated/α-hetero) is 1. The Hall–Kier alpha value is -2.99. The Balaban J connectivity index is 2.08. The Morgan fingerprint density at radius 2 is 1.14 bits per heavy atom. The Kier molecular flexibility index (Phi) is 6.77. The quantitative estimate of drug-likeness (QED) is 0.598. The van der Waals surface area contributed by atoms with Gasteiger partial charge >= 0.3 is 11.9 Å². The predicted octanol–water partition coefficient (Wildman–Crippen LogP) is 3.00. The number of ketones is 1. The summed E-state index contributed by atoms with van der Waals surface area (Å²) >= 11 is 0. The first-order valence-corrected chi connectivity index (χ1v) is 9.81. The Morgan fingerprint density at radius 1 is 0.759 bits per heavy atom. The van der Waals surface area contributed by atoms with E-state index in [9.17, 15) is 14.4 Å². The van der Waals surface area contributed by atoms with Gasteiger partial charge in [0.25, 0.3) is 0 Å². The standard InChI is InChI=1S/C23H25NO5/c1-3-28-22(26)17-19(15-11-7-5-8-12-15)24-20(16-13-9-6-10-14-16)18(21(17)25)23(27)29-4-2/h5-14,17-20,24H,3-4H2,1-2H3/t17-,18-,19-,20+/m0/s1. The van der Waals surface area contributed by atoms with Gasteiger partial charge in [-0.3, -0.25) is 14.4 Å². The summed E-state index contributed by atoms with van der Waals surface area (Å²) in [6, 6.07) is 17.3. The second-order valence-corrected chi connectivity index (χ2v) is 6.81. The number of carbonyl (C=O) groups is 3. The third kappa shape index (κ3) is 4.38. The molecule has 1 saturated heterocycles. The maximum atomic E-state index is 13.5. The van der Waals surface area contributed by atoms with Gasteiger partial charge in [0.1, 0.15) is 11.8 Å². The molecule has 1 aliphatic rings. The average Bonchev–Trinajstić information content (AvgIpc) is 2.74. The molecule has 1 fully saturated rings. The van der Waals surface area contributed by atoms with Gasteiger partial charge in [-0.2, -0.15) is 0 Å². The smallest absolute Gasteiger partial charge is 0.318 e. The van der Waals surface area contributed by atoms with Crippen LogP contribution in [-0.2, 0) is 23.9 Å². The zero-order valence-corrected chi connectivity index (χ0v) is 16.5. The number of ether oxygens (including phenoxy) is 2. The first kappa shape index (κ1) is 20.7. The molecule has 29 heavy (non-hydrogen) atoms. The van der Waals surface area contributed by atoms with Crippen LogP contribution in [0.4, 0.5) is 0 Å². The van der Waals surface area contributed by atoms with Gasteiger partial charge in [-0.05, 0) is 25.0 Å².